The van der Waals surface area contributed by atoms with Crippen LogP contribution in [0.15, 0.2) is 60.9 Å². The van der Waals surface area contributed by atoms with Gasteiger partial charge in [0, 0.05) is 31.0 Å². The highest BCUT2D eigenvalue weighted by Crippen LogP contribution is 2.30. The Labute approximate surface area is 148 Å². The molecule has 3 rings (SSSR count). The van der Waals surface area contributed by atoms with E-state index in [1.807, 2.05) is 35.1 Å². The molecule has 1 heterocycles. The molecular weight excluding hydrogens is 314 g/mol. The summed E-state index contributed by atoms with van der Waals surface area (Å²) in [6.07, 6.45) is 3.77. The summed E-state index contributed by atoms with van der Waals surface area (Å²) in [6.45, 7) is 2.28. The molecule has 0 amide bonds. The van der Waals surface area contributed by atoms with Gasteiger partial charge < -0.3 is 14.8 Å². The third-order valence-electron chi connectivity index (χ3n) is 4.02. The molecule has 5 nitrogen and oxygen atoms in total. The second kappa shape index (κ2) is 8.35. The first kappa shape index (κ1) is 17.0. The monoisotopic (exact) mass is 337 g/mol. The fourth-order valence-electron chi connectivity index (χ4n) is 2.85. The maximum Gasteiger partial charge on any atom is 0.165 e. The van der Waals surface area contributed by atoms with Gasteiger partial charge in [0.05, 0.1) is 20.8 Å². The molecule has 2 aromatic carbocycles. The van der Waals surface area contributed by atoms with Crippen molar-refractivity contribution < 1.29 is 9.47 Å². The van der Waals surface area contributed by atoms with Crippen LogP contribution < -0.4 is 14.8 Å². The van der Waals surface area contributed by atoms with E-state index in [0.29, 0.717) is 6.54 Å². The van der Waals surface area contributed by atoms with Gasteiger partial charge >= 0.3 is 0 Å². The van der Waals surface area contributed by atoms with E-state index in [1.54, 1.807) is 20.4 Å². The van der Waals surface area contributed by atoms with Crippen LogP contribution in [0.4, 0.5) is 0 Å². The van der Waals surface area contributed by atoms with Crippen molar-refractivity contribution in [3.8, 4) is 11.5 Å². The molecular formula is C20H23N3O2. The first-order chi connectivity index (χ1) is 12.3. The molecule has 3 aromatic rings. The molecule has 0 saturated heterocycles. The van der Waals surface area contributed by atoms with Crippen molar-refractivity contribution >= 4 is 0 Å². The highest BCUT2D eigenvalue weighted by Gasteiger charge is 2.08. The number of nitrogens with one attached hydrogen (secondary N) is 1. The normalized spacial score (nSPS) is 10.6. The van der Waals surface area contributed by atoms with E-state index in [0.717, 1.165) is 30.2 Å². The van der Waals surface area contributed by atoms with E-state index in [9.17, 15) is 0 Å². The molecule has 0 aliphatic heterocycles. The van der Waals surface area contributed by atoms with Gasteiger partial charge in [0.25, 0.3) is 0 Å². The minimum Gasteiger partial charge on any atom is -0.493 e. The summed E-state index contributed by atoms with van der Waals surface area (Å²) < 4.78 is 12.7. The number of methoxy groups -OCH3 is 2. The predicted octanol–water partition coefficient (Wildman–Crippen LogP) is 3.24. The van der Waals surface area contributed by atoms with Crippen LogP contribution in [0.25, 0.3) is 0 Å². The van der Waals surface area contributed by atoms with E-state index < -0.39 is 0 Å². The van der Waals surface area contributed by atoms with Gasteiger partial charge in [0.2, 0.25) is 0 Å². The molecule has 1 N–H and O–H groups in total. The van der Waals surface area contributed by atoms with Crippen LogP contribution in [0.3, 0.4) is 0 Å². The van der Waals surface area contributed by atoms with E-state index in [4.69, 9.17) is 9.47 Å². The van der Waals surface area contributed by atoms with Gasteiger partial charge in [-0.1, -0.05) is 36.4 Å². The van der Waals surface area contributed by atoms with E-state index in [2.05, 4.69) is 34.7 Å². The third kappa shape index (κ3) is 4.39. The number of benzene rings is 2. The molecule has 25 heavy (non-hydrogen) atoms. The largest absolute Gasteiger partial charge is 0.493 e. The Morgan fingerprint density at radius 1 is 0.960 bits per heavy atom. The quantitative estimate of drug-likeness (QED) is 0.685. The van der Waals surface area contributed by atoms with E-state index in [1.165, 1.54) is 11.1 Å². The molecule has 0 fully saturated rings. The van der Waals surface area contributed by atoms with Gasteiger partial charge in [0.15, 0.2) is 11.5 Å². The van der Waals surface area contributed by atoms with Crippen LogP contribution in [0, 0.1) is 0 Å². The third-order valence-corrected chi connectivity index (χ3v) is 4.02. The van der Waals surface area contributed by atoms with Crippen LogP contribution in [0.2, 0.25) is 0 Å². The van der Waals surface area contributed by atoms with Crippen molar-refractivity contribution in [1.82, 2.24) is 15.1 Å². The molecule has 0 aliphatic rings. The standard InChI is InChI=1S/C20H23N3O2/c1-24-19-9-4-8-18(20(19)25-2)14-21-13-16-6-3-7-17(12-16)15-23-11-5-10-22-23/h3-12,21H,13-15H2,1-2H3. The lowest BCUT2D eigenvalue weighted by atomic mass is 10.1. The lowest BCUT2D eigenvalue weighted by Crippen LogP contribution is -2.14. The van der Waals surface area contributed by atoms with Gasteiger partial charge in [-0.05, 0) is 23.3 Å². The maximum atomic E-state index is 5.47. The van der Waals surface area contributed by atoms with Crippen LogP contribution in [0.5, 0.6) is 11.5 Å². The van der Waals surface area contributed by atoms with Crippen LogP contribution >= 0.6 is 0 Å². The van der Waals surface area contributed by atoms with Crippen molar-refractivity contribution in [1.29, 1.82) is 0 Å². The Kier molecular flexibility index (Phi) is 5.69. The first-order valence-electron chi connectivity index (χ1n) is 8.26. The van der Waals surface area contributed by atoms with Crippen LogP contribution in [-0.2, 0) is 19.6 Å². The number of hydrogen-bond donors (Lipinski definition) is 1. The van der Waals surface area contributed by atoms with Gasteiger partial charge in [-0.3, -0.25) is 4.68 Å². The number of hydrogen-bond acceptors (Lipinski definition) is 4. The topological polar surface area (TPSA) is 48.3 Å². The highest BCUT2D eigenvalue weighted by molar-refractivity contribution is 5.46. The highest BCUT2D eigenvalue weighted by atomic mass is 16.5. The SMILES string of the molecule is COc1cccc(CNCc2cccc(Cn3cccn3)c2)c1OC. The zero-order valence-corrected chi connectivity index (χ0v) is 14.6. The Hall–Kier alpha value is -2.79. The molecule has 1 aromatic heterocycles. The average Bonchev–Trinajstić information content (AvgIpc) is 3.14. The Morgan fingerprint density at radius 2 is 1.80 bits per heavy atom. The number of ether oxygens (including phenoxy) is 2. The first-order valence-corrected chi connectivity index (χ1v) is 8.26. The average molecular weight is 337 g/mol. The van der Waals surface area contributed by atoms with E-state index in [-0.39, 0.29) is 0 Å². The second-order valence-electron chi connectivity index (χ2n) is 5.78. The second-order valence-corrected chi connectivity index (χ2v) is 5.78. The molecule has 0 radical (unpaired) electrons. The van der Waals surface area contributed by atoms with Crippen molar-refractivity contribution in [2.75, 3.05) is 14.2 Å². The fourth-order valence-corrected chi connectivity index (χ4v) is 2.85. The van der Waals surface area contributed by atoms with Crippen LogP contribution in [-0.4, -0.2) is 24.0 Å². The van der Waals surface area contributed by atoms with Gasteiger partial charge in [0.1, 0.15) is 0 Å². The molecule has 0 bridgehead atoms. The van der Waals surface area contributed by atoms with Gasteiger partial charge in [-0.15, -0.1) is 0 Å². The Balaban J connectivity index is 1.61. The van der Waals surface area contributed by atoms with Gasteiger partial charge in [-0.2, -0.15) is 5.10 Å². The summed E-state index contributed by atoms with van der Waals surface area (Å²) in [5, 5.41) is 7.73. The van der Waals surface area contributed by atoms with Crippen molar-refractivity contribution in [2.45, 2.75) is 19.6 Å². The molecule has 130 valence electrons. The van der Waals surface area contributed by atoms with Crippen molar-refractivity contribution in [2.24, 2.45) is 0 Å². The number of para-hydroxylation sites is 1. The summed E-state index contributed by atoms with van der Waals surface area (Å²) in [7, 11) is 3.32. The number of aromatic nitrogens is 2. The summed E-state index contributed by atoms with van der Waals surface area (Å²) in [5.41, 5.74) is 3.56. The van der Waals surface area contributed by atoms with E-state index >= 15 is 0 Å². The maximum absolute atomic E-state index is 5.47. The summed E-state index contributed by atoms with van der Waals surface area (Å²) >= 11 is 0. The predicted molar refractivity (Wildman–Crippen MR) is 97.9 cm³/mol. The fraction of sp³-hybridized carbons (Fsp3) is 0.250. The summed E-state index contributed by atoms with van der Waals surface area (Å²) in [6, 6.07) is 16.4. The molecule has 0 spiro atoms. The van der Waals surface area contributed by atoms with Gasteiger partial charge in [-0.25, -0.2) is 0 Å². The molecule has 0 aliphatic carbocycles. The minimum atomic E-state index is 0.712. The smallest absolute Gasteiger partial charge is 0.165 e. The summed E-state index contributed by atoms with van der Waals surface area (Å²) in [4.78, 5) is 0. The molecule has 0 atom stereocenters. The van der Waals surface area contributed by atoms with Crippen molar-refractivity contribution in [3.05, 3.63) is 77.6 Å². The molecule has 0 unspecified atom stereocenters. The number of nitrogens with zero attached hydrogens (tertiary/aromatic N) is 2. The lowest BCUT2D eigenvalue weighted by Gasteiger charge is -2.13. The zero-order valence-electron chi connectivity index (χ0n) is 14.6. The molecule has 5 heteroatoms. The van der Waals surface area contributed by atoms with Crippen molar-refractivity contribution in [3.63, 3.8) is 0 Å². The number of rotatable bonds is 8. The molecule has 0 saturated carbocycles. The summed E-state index contributed by atoms with van der Waals surface area (Å²) in [5.74, 6) is 1.54. The Bertz CT molecular complexity index is 800. The van der Waals surface area contributed by atoms with Crippen LogP contribution in [0.1, 0.15) is 16.7 Å². The zero-order chi connectivity index (χ0) is 17.5. The lowest BCUT2D eigenvalue weighted by molar-refractivity contribution is 0.350. The Morgan fingerprint density at radius 3 is 2.56 bits per heavy atom. The minimum absolute atomic E-state index is 0.712.